The van der Waals surface area contributed by atoms with Crippen molar-refractivity contribution in [2.24, 2.45) is 11.5 Å². The van der Waals surface area contributed by atoms with E-state index < -0.39 is 5.97 Å². The third-order valence-electron chi connectivity index (χ3n) is 12.3. The second-order valence-electron chi connectivity index (χ2n) is 16.7. The summed E-state index contributed by atoms with van der Waals surface area (Å²) in [7, 11) is 1.33. The minimum absolute atomic E-state index is 0. The number of carbonyl (C=O) groups excluding carboxylic acids is 4. The average molecular weight is 1020 g/mol. The van der Waals surface area contributed by atoms with Crippen LogP contribution in [0.5, 0.6) is 0 Å². The second-order valence-corrected chi connectivity index (χ2v) is 16.7. The van der Waals surface area contributed by atoms with Gasteiger partial charge < -0.3 is 47.4 Å². The third kappa shape index (κ3) is 15.6. The van der Waals surface area contributed by atoms with Crippen molar-refractivity contribution in [3.05, 3.63) is 68.8 Å². The number of rotatable bonds is 22. The van der Waals surface area contributed by atoms with E-state index in [9.17, 15) is 19.2 Å². The number of carbonyl (C=O) groups is 4. The molecule has 0 aliphatic carbocycles. The molecule has 0 saturated carbocycles. The first-order chi connectivity index (χ1) is 31.8. The predicted octanol–water partition coefficient (Wildman–Crippen LogP) is 6.63. The van der Waals surface area contributed by atoms with Crippen molar-refractivity contribution in [3.8, 4) is 0 Å². The number of hydrogen-bond acceptors (Lipinski definition) is 11. The number of ether oxygens (including phenoxy) is 1. The number of fused-ring (bicyclic) bond motifs is 8. The number of Topliss-reactive ketones (excluding diaryl/α,β-unsaturated/α-hetero) is 1. The molecular weight excluding hydrogens is 939 g/mol. The van der Waals surface area contributed by atoms with E-state index in [2.05, 4.69) is 35.1 Å². The summed E-state index contributed by atoms with van der Waals surface area (Å²) in [4.78, 5) is 75.0. The van der Waals surface area contributed by atoms with E-state index in [0.29, 0.717) is 101 Å². The van der Waals surface area contributed by atoms with Gasteiger partial charge in [-0.05, 0) is 104 Å². The summed E-state index contributed by atoms with van der Waals surface area (Å²) >= 11 is 0. The Hall–Kier alpha value is -4.30. The first-order valence-corrected chi connectivity index (χ1v) is 24.4. The van der Waals surface area contributed by atoms with Crippen LogP contribution in [0.3, 0.4) is 0 Å². The smallest absolute Gasteiger partial charge is 0.657 e. The number of aryl methyl sites for hydroxylation is 2. The zero-order valence-corrected chi connectivity index (χ0v) is 43.7. The van der Waals surface area contributed by atoms with E-state index in [1.165, 1.54) is 7.11 Å². The molecule has 5 heterocycles. The van der Waals surface area contributed by atoms with E-state index >= 15 is 0 Å². The molecule has 16 heteroatoms. The van der Waals surface area contributed by atoms with Crippen molar-refractivity contribution >= 4 is 45.6 Å². The first kappa shape index (κ1) is 58.8. The minimum Gasteiger partial charge on any atom is -0.657 e. The van der Waals surface area contributed by atoms with E-state index in [0.717, 1.165) is 62.3 Å². The molecule has 0 fully saturated rings. The molecule has 8 bridgehead atoms. The Morgan fingerprint density at radius 1 is 0.701 bits per heavy atom. The SMILES string of the molecule is CC.CC.CCC1c2cc3[n-]c(c(CC(=O)OC)c4nc(cc5[n-]c(cc(n2)[C@@H]1C)c(C(C)=O)c5C)[C@@H](C)C4CCC(=O)NCCCNCCCN)c(C(=O)NCCCNCCCN)c3C.[Pd+2]. The Kier molecular flexibility index (Phi) is 26.6. The number of nitrogens with one attached hydrogen (secondary N) is 4. The van der Waals surface area contributed by atoms with E-state index in [1.54, 1.807) is 6.92 Å². The van der Waals surface area contributed by atoms with Crippen LogP contribution >= 0.6 is 0 Å². The Morgan fingerprint density at radius 2 is 1.22 bits per heavy atom. The van der Waals surface area contributed by atoms with Gasteiger partial charge in [-0.3, -0.25) is 29.1 Å². The number of methoxy groups -OCH3 is 1. The van der Waals surface area contributed by atoms with Gasteiger partial charge >= 0.3 is 26.4 Å². The maximum Gasteiger partial charge on any atom is 2.00 e. The molecule has 3 aromatic heterocycles. The van der Waals surface area contributed by atoms with Gasteiger partial charge in [0.1, 0.15) is 0 Å². The van der Waals surface area contributed by atoms with Gasteiger partial charge in [-0.1, -0.05) is 77.8 Å². The first-order valence-electron chi connectivity index (χ1n) is 24.4. The van der Waals surface area contributed by atoms with Crippen LogP contribution in [0.2, 0.25) is 0 Å². The summed E-state index contributed by atoms with van der Waals surface area (Å²) in [6.07, 6.45) is 4.47. The fourth-order valence-electron chi connectivity index (χ4n) is 8.71. The number of amides is 2. The molecule has 8 N–H and O–H groups in total. The van der Waals surface area contributed by atoms with Crippen molar-refractivity contribution in [1.82, 2.24) is 41.2 Å². The van der Waals surface area contributed by atoms with E-state index in [1.807, 2.05) is 66.7 Å². The molecule has 3 aromatic rings. The Morgan fingerprint density at radius 3 is 1.81 bits per heavy atom. The second kappa shape index (κ2) is 30.2. The molecule has 15 nitrogen and oxygen atoms in total. The Bertz CT molecular complexity index is 2240. The zero-order chi connectivity index (χ0) is 48.9. The number of nitrogens with two attached hydrogens (primary N) is 2. The predicted molar refractivity (Wildman–Crippen MR) is 266 cm³/mol. The van der Waals surface area contributed by atoms with Crippen LogP contribution in [0.1, 0.15) is 184 Å². The monoisotopic (exact) mass is 1020 g/mol. The van der Waals surface area contributed by atoms with E-state index in [4.69, 9.17) is 36.1 Å². The van der Waals surface area contributed by atoms with Gasteiger partial charge in [-0.25, -0.2) is 0 Å². The van der Waals surface area contributed by atoms with Gasteiger partial charge in [0.25, 0.3) is 0 Å². The maximum atomic E-state index is 14.4. The Labute approximate surface area is 413 Å². The molecule has 5 rings (SSSR count). The van der Waals surface area contributed by atoms with Crippen molar-refractivity contribution in [2.45, 2.75) is 144 Å². The van der Waals surface area contributed by atoms with Crippen LogP contribution in [-0.2, 0) is 41.2 Å². The van der Waals surface area contributed by atoms with Crippen LogP contribution in [0, 0.1) is 13.8 Å². The average Bonchev–Trinajstić information content (AvgIpc) is 4.00. The molecule has 2 aliphatic heterocycles. The molecule has 2 aliphatic rings. The fraction of sp³-hybridized carbons (Fsp3) is 0.608. The quantitative estimate of drug-likeness (QED) is 0.0269. The van der Waals surface area contributed by atoms with Gasteiger partial charge in [0.15, 0.2) is 5.78 Å². The number of ketones is 1. The molecular formula is C51H80N10O5Pd. The number of hydrogen-bond donors (Lipinski definition) is 6. The van der Waals surface area contributed by atoms with Crippen LogP contribution in [0.25, 0.3) is 22.1 Å². The van der Waals surface area contributed by atoms with Gasteiger partial charge in [0.2, 0.25) is 11.8 Å². The molecule has 374 valence electrons. The topological polar surface area (TPSA) is 232 Å². The normalized spacial score (nSPS) is 16.1. The van der Waals surface area contributed by atoms with Gasteiger partial charge in [0.05, 0.1) is 13.5 Å². The van der Waals surface area contributed by atoms with Crippen molar-refractivity contribution in [1.29, 1.82) is 0 Å². The molecule has 67 heavy (non-hydrogen) atoms. The van der Waals surface area contributed by atoms with Crippen LogP contribution < -0.4 is 42.7 Å². The maximum absolute atomic E-state index is 14.4. The summed E-state index contributed by atoms with van der Waals surface area (Å²) in [5, 5.41) is 12.9. The van der Waals surface area contributed by atoms with Crippen molar-refractivity contribution in [3.63, 3.8) is 0 Å². The fourth-order valence-corrected chi connectivity index (χ4v) is 8.71. The molecule has 2 unspecified atom stereocenters. The standard InChI is InChI=1S/C47H70N10O5.2C2H6.Pd/c1-8-32-27(2)35-26-40-43(31(6)58)29(4)37(55-40)24-36-28(3)33(13-14-41(59)52-21-11-19-50-17-9-15-48)45(56-36)34(23-42(60)62-7)46-44(30(5)38(57-46)25-39(32)54-35)47(61)53-22-12-20-51-18-10-16-49;2*1-2;/h24-28,32-33,50-51H,8-23,48-49H2,1-7H3,(H4,52,53,54,55,56,57,58,59,61);2*1-2H3;/q;;;+2/p-2/t27-,28+,32?,33?;;;/m1.../s1. The largest absolute Gasteiger partial charge is 2.00 e. The third-order valence-corrected chi connectivity index (χ3v) is 12.3. The van der Waals surface area contributed by atoms with Crippen LogP contribution in [-0.4, -0.2) is 93.0 Å². The Balaban J connectivity index is 0.00000300. The van der Waals surface area contributed by atoms with E-state index in [-0.39, 0.29) is 74.5 Å². The van der Waals surface area contributed by atoms with Crippen LogP contribution in [0.4, 0.5) is 0 Å². The van der Waals surface area contributed by atoms with Crippen molar-refractivity contribution < 1.29 is 44.3 Å². The van der Waals surface area contributed by atoms with Crippen LogP contribution in [0.15, 0.2) is 18.2 Å². The molecule has 2 amide bonds. The minimum atomic E-state index is -0.515. The molecule has 0 aromatic carbocycles. The number of nitrogens with zero attached hydrogens (tertiary/aromatic N) is 4. The summed E-state index contributed by atoms with van der Waals surface area (Å²) in [6.45, 7) is 24.9. The number of esters is 1. The molecule has 4 atom stereocenters. The van der Waals surface area contributed by atoms with Gasteiger partial charge in [0, 0.05) is 77.1 Å². The summed E-state index contributed by atoms with van der Waals surface area (Å²) in [5.74, 6) is -1.51. The van der Waals surface area contributed by atoms with Gasteiger partial charge in [-0.15, -0.1) is 22.1 Å². The summed E-state index contributed by atoms with van der Waals surface area (Å²) in [5.41, 5.74) is 19.0. The van der Waals surface area contributed by atoms with Crippen molar-refractivity contribution in [2.75, 3.05) is 59.5 Å². The van der Waals surface area contributed by atoms with Gasteiger partial charge in [-0.2, -0.15) is 0 Å². The molecule has 0 spiro atoms. The zero-order valence-electron chi connectivity index (χ0n) is 42.2. The molecule has 0 radical (unpaired) electrons. The number of aromatic nitrogens is 4. The summed E-state index contributed by atoms with van der Waals surface area (Å²) in [6, 6.07) is 5.79. The summed E-state index contributed by atoms with van der Waals surface area (Å²) < 4.78 is 5.27. The molecule has 0 saturated heterocycles.